The maximum atomic E-state index is 13.9. The van der Waals surface area contributed by atoms with Crippen LogP contribution in [0.1, 0.15) is 71.3 Å². The zero-order chi connectivity index (χ0) is 29.8. The molecule has 2 atom stereocenters. The van der Waals surface area contributed by atoms with Crippen LogP contribution < -0.4 is 0 Å². The maximum Gasteiger partial charge on any atom is 0.361 e. The Balaban J connectivity index is 1.52. The van der Waals surface area contributed by atoms with E-state index >= 15 is 0 Å². The number of fused-ring (bicyclic) bond motifs is 1. The van der Waals surface area contributed by atoms with Crippen molar-refractivity contribution in [2.45, 2.75) is 45.7 Å². The summed E-state index contributed by atoms with van der Waals surface area (Å²) in [6.07, 6.45) is 4.21. The zero-order valence-corrected chi connectivity index (χ0v) is 23.1. The second kappa shape index (κ2) is 12.4. The van der Waals surface area contributed by atoms with E-state index in [1.165, 1.54) is 29.3 Å². The highest BCUT2D eigenvalue weighted by atomic mass is 19.1. The summed E-state index contributed by atoms with van der Waals surface area (Å²) >= 11 is 0. The van der Waals surface area contributed by atoms with Crippen molar-refractivity contribution in [2.24, 2.45) is 11.0 Å². The van der Waals surface area contributed by atoms with Crippen LogP contribution in [0.5, 0.6) is 0 Å². The molecule has 0 bridgehead atoms. The zero-order valence-electron chi connectivity index (χ0n) is 23.1. The summed E-state index contributed by atoms with van der Waals surface area (Å²) in [5.41, 5.74) is 2.45. The van der Waals surface area contributed by atoms with Crippen molar-refractivity contribution in [3.8, 4) is 0 Å². The molecule has 1 aliphatic heterocycles. The van der Waals surface area contributed by atoms with Crippen LogP contribution in [-0.2, 0) is 20.8 Å². The summed E-state index contributed by atoms with van der Waals surface area (Å²) in [6.45, 7) is 2.81. The van der Waals surface area contributed by atoms with Gasteiger partial charge in [-0.05, 0) is 80.2 Å². The Labute approximate surface area is 240 Å². The van der Waals surface area contributed by atoms with Crippen LogP contribution in [0.3, 0.4) is 0 Å². The maximum absolute atomic E-state index is 13.9. The van der Waals surface area contributed by atoms with E-state index in [-0.39, 0.29) is 36.3 Å². The summed E-state index contributed by atoms with van der Waals surface area (Å²) in [7, 11) is 0. The highest BCUT2D eigenvalue weighted by Gasteiger charge is 2.44. The Morgan fingerprint density at radius 2 is 1.60 bits per heavy atom. The van der Waals surface area contributed by atoms with E-state index in [2.05, 4.69) is 10.3 Å². The van der Waals surface area contributed by atoms with Gasteiger partial charge in [-0.3, -0.25) is 4.79 Å². The predicted octanol–water partition coefficient (Wildman–Crippen LogP) is 4.73. The Kier molecular flexibility index (Phi) is 8.51. The monoisotopic (exact) mass is 577 g/mol. The van der Waals surface area contributed by atoms with Crippen LogP contribution in [0.25, 0.3) is 6.08 Å². The molecule has 1 amide bonds. The Bertz CT molecular complexity index is 1550. The lowest BCUT2D eigenvalue weighted by Crippen LogP contribution is -2.34. The number of hydrogen-bond acceptors (Lipinski definition) is 8. The molecule has 2 aliphatic rings. The second-order valence-electron chi connectivity index (χ2n) is 9.83. The van der Waals surface area contributed by atoms with E-state index in [1.807, 2.05) is 6.08 Å². The molecule has 42 heavy (non-hydrogen) atoms. The number of nitrogens with zero attached hydrogens (tertiary/aromatic N) is 5. The third-order valence-electron chi connectivity index (χ3n) is 7.14. The third-order valence-corrected chi connectivity index (χ3v) is 7.14. The van der Waals surface area contributed by atoms with Crippen molar-refractivity contribution in [1.29, 1.82) is 0 Å². The summed E-state index contributed by atoms with van der Waals surface area (Å²) < 4.78 is 38.4. The molecule has 3 aromatic rings. The lowest BCUT2D eigenvalue weighted by molar-refractivity contribution is -0.134. The molecule has 1 aliphatic carbocycles. The van der Waals surface area contributed by atoms with Crippen molar-refractivity contribution < 1.29 is 32.6 Å². The van der Waals surface area contributed by atoms with Crippen LogP contribution >= 0.6 is 0 Å². The number of amides is 1. The number of benzene rings is 2. The molecule has 1 aromatic heterocycles. The molecule has 2 heterocycles. The first kappa shape index (κ1) is 28.8. The summed E-state index contributed by atoms with van der Waals surface area (Å²) in [5, 5.41) is 13.8. The van der Waals surface area contributed by atoms with Crippen LogP contribution in [0.2, 0.25) is 0 Å². The van der Waals surface area contributed by atoms with Gasteiger partial charge in [-0.2, -0.15) is 5.10 Å². The van der Waals surface area contributed by atoms with Gasteiger partial charge in [0, 0.05) is 5.92 Å². The predicted molar refractivity (Wildman–Crippen MR) is 147 cm³/mol. The molecule has 0 spiro atoms. The van der Waals surface area contributed by atoms with Gasteiger partial charge in [-0.25, -0.2) is 28.1 Å². The van der Waals surface area contributed by atoms with E-state index in [0.717, 1.165) is 28.7 Å². The number of carbonyl (C=O) groups is 3. The molecular formula is C30H29F2N5O5. The summed E-state index contributed by atoms with van der Waals surface area (Å²) in [6, 6.07) is 11.4. The van der Waals surface area contributed by atoms with Crippen LogP contribution in [0.4, 0.5) is 8.78 Å². The summed E-state index contributed by atoms with van der Waals surface area (Å²) in [4.78, 5) is 39.1. The average Bonchev–Trinajstić information content (AvgIpc) is 3.58. The lowest BCUT2D eigenvalue weighted by Gasteiger charge is -2.29. The minimum absolute atomic E-state index is 0.0253. The topological polar surface area (TPSA) is 116 Å². The van der Waals surface area contributed by atoms with Gasteiger partial charge in [-0.1, -0.05) is 29.5 Å². The van der Waals surface area contributed by atoms with Crippen molar-refractivity contribution in [1.82, 2.24) is 20.0 Å². The minimum atomic E-state index is -0.876. The molecule has 1 fully saturated rings. The largest absolute Gasteiger partial charge is 0.461 e. The molecule has 0 saturated heterocycles. The smallest absolute Gasteiger partial charge is 0.361 e. The number of hydrogen-bond donors (Lipinski definition) is 0. The number of ether oxygens (including phenoxy) is 2. The van der Waals surface area contributed by atoms with E-state index < -0.39 is 36.2 Å². The van der Waals surface area contributed by atoms with E-state index in [0.29, 0.717) is 17.7 Å². The van der Waals surface area contributed by atoms with Crippen LogP contribution in [0.15, 0.2) is 59.2 Å². The fourth-order valence-electron chi connectivity index (χ4n) is 5.32. The first-order valence-corrected chi connectivity index (χ1v) is 13.7. The molecule has 0 unspecified atom stereocenters. The van der Waals surface area contributed by atoms with Crippen molar-refractivity contribution in [3.63, 3.8) is 0 Å². The Morgan fingerprint density at radius 3 is 2.26 bits per heavy atom. The van der Waals surface area contributed by atoms with Crippen molar-refractivity contribution in [3.05, 3.63) is 88.3 Å². The van der Waals surface area contributed by atoms with Gasteiger partial charge in [0.25, 0.3) is 5.91 Å². The summed E-state index contributed by atoms with van der Waals surface area (Å²) in [5.74, 6) is -3.21. The van der Waals surface area contributed by atoms with Crippen molar-refractivity contribution >= 4 is 29.6 Å². The van der Waals surface area contributed by atoms with Crippen LogP contribution in [-0.4, -0.2) is 56.8 Å². The van der Waals surface area contributed by atoms with Crippen molar-refractivity contribution in [2.75, 3.05) is 13.2 Å². The lowest BCUT2D eigenvalue weighted by atomic mass is 9.77. The quantitative estimate of drug-likeness (QED) is 0.356. The normalized spacial score (nSPS) is 18.9. The van der Waals surface area contributed by atoms with Gasteiger partial charge in [0.05, 0.1) is 25.0 Å². The molecule has 0 radical (unpaired) electrons. The number of esters is 2. The number of hydrazone groups is 1. The molecule has 2 aromatic carbocycles. The van der Waals surface area contributed by atoms with E-state index in [4.69, 9.17) is 14.6 Å². The average molecular weight is 578 g/mol. The first-order chi connectivity index (χ1) is 20.3. The third kappa shape index (κ3) is 5.83. The fourth-order valence-corrected chi connectivity index (χ4v) is 5.32. The highest BCUT2D eigenvalue weighted by Crippen LogP contribution is 2.44. The Morgan fingerprint density at radius 1 is 0.952 bits per heavy atom. The molecule has 10 nitrogen and oxygen atoms in total. The van der Waals surface area contributed by atoms with Crippen LogP contribution in [0, 0.1) is 17.6 Å². The SMILES string of the molecule is CCOC(=O)c1nnn(CC(=O)N2N=C3/C(=C/c4ccc(F)cc4)CCC[C@@H]3[C@@H]2c2ccc(F)cc2)c1C(=O)OCC. The molecule has 0 N–H and O–H groups in total. The number of aromatic nitrogens is 3. The first-order valence-electron chi connectivity index (χ1n) is 13.7. The number of halogens is 2. The van der Waals surface area contributed by atoms with Gasteiger partial charge in [0.2, 0.25) is 5.69 Å². The molecule has 1 saturated carbocycles. The van der Waals surface area contributed by atoms with Gasteiger partial charge in [0.15, 0.2) is 5.69 Å². The molecule has 12 heteroatoms. The fraction of sp³-hybridized carbons (Fsp3) is 0.333. The van der Waals surface area contributed by atoms with Gasteiger partial charge in [0.1, 0.15) is 18.2 Å². The minimum Gasteiger partial charge on any atom is -0.461 e. The van der Waals surface area contributed by atoms with Gasteiger partial charge < -0.3 is 9.47 Å². The molecule has 218 valence electrons. The Hall–Kier alpha value is -4.74. The highest BCUT2D eigenvalue weighted by molar-refractivity contribution is 6.08. The standard InChI is InChI=1S/C30H29F2N5O5/c1-3-41-29(39)26-28(30(40)42-4-2)36(35-33-26)17-24(38)37-27(19-10-14-22(32)15-11-19)23-7-5-6-20(25(23)34-37)16-18-8-12-21(31)13-9-18/h8-16,23,27H,3-7,17H2,1-2H3/b20-16+/t23-,27-/m0/s1. The van der Waals surface area contributed by atoms with Gasteiger partial charge >= 0.3 is 11.9 Å². The number of rotatable bonds is 8. The number of carbonyl (C=O) groups excluding carboxylic acids is 3. The van der Waals surface area contributed by atoms with Gasteiger partial charge in [-0.15, -0.1) is 5.10 Å². The second-order valence-corrected chi connectivity index (χ2v) is 9.83. The van der Waals surface area contributed by atoms with E-state index in [1.54, 1.807) is 38.1 Å². The molecule has 5 rings (SSSR count). The molecular weight excluding hydrogens is 548 g/mol. The number of allylic oxidation sites excluding steroid dienone is 1. The van der Waals surface area contributed by atoms with E-state index in [9.17, 15) is 23.2 Å².